The van der Waals surface area contributed by atoms with Gasteiger partial charge in [-0.1, -0.05) is 31.6 Å². The van der Waals surface area contributed by atoms with E-state index in [2.05, 4.69) is 17.5 Å². The minimum absolute atomic E-state index is 0. The van der Waals surface area contributed by atoms with Crippen LogP contribution in [0, 0.1) is 0 Å². The van der Waals surface area contributed by atoms with Crippen LogP contribution in [-0.2, 0) is 0 Å². The first kappa shape index (κ1) is 9.53. The van der Waals surface area contributed by atoms with Crippen LogP contribution in [0.2, 0.25) is 0 Å². The minimum atomic E-state index is 0. The van der Waals surface area contributed by atoms with E-state index in [-0.39, 0.29) is 1.43 Å². The van der Waals surface area contributed by atoms with Crippen molar-refractivity contribution in [2.24, 2.45) is 0 Å². The third kappa shape index (κ3) is 2.21. The summed E-state index contributed by atoms with van der Waals surface area (Å²) in [6.07, 6.45) is 8.38. The Kier molecular flexibility index (Phi) is 4.09. The van der Waals surface area contributed by atoms with Gasteiger partial charge in [-0.25, -0.2) is 0 Å². The number of allylic oxidation sites excluding steroid dienone is 2. The Balaban J connectivity index is 0.000000451. The molecule has 0 aromatic heterocycles. The monoisotopic (exact) mass is 167 g/mol. The molecule has 0 amide bonds. The fourth-order valence-electron chi connectivity index (χ4n) is 1.69. The molecule has 0 atom stereocenters. The SMILES string of the molecule is C1=CC2=C(CC1)CNCC2.CC.[HH]. The maximum Gasteiger partial charge on any atom is 0.0170 e. The van der Waals surface area contributed by atoms with Gasteiger partial charge in [0.15, 0.2) is 0 Å². The number of nitrogens with one attached hydrogen (secondary N) is 1. The van der Waals surface area contributed by atoms with E-state index in [1.165, 1.54) is 25.8 Å². The van der Waals surface area contributed by atoms with Crippen LogP contribution in [-0.4, -0.2) is 13.1 Å². The van der Waals surface area contributed by atoms with Crippen LogP contribution in [0.3, 0.4) is 0 Å². The Labute approximate surface area is 77.0 Å². The normalized spacial score (nSPS) is 21.2. The molecule has 2 aliphatic rings. The molecule has 0 bridgehead atoms. The van der Waals surface area contributed by atoms with Gasteiger partial charge in [0.25, 0.3) is 0 Å². The van der Waals surface area contributed by atoms with Gasteiger partial charge in [-0.05, 0) is 31.4 Å². The first-order chi connectivity index (χ1) is 5.97. The lowest BCUT2D eigenvalue weighted by molar-refractivity contribution is 0.656. The van der Waals surface area contributed by atoms with Crippen molar-refractivity contribution in [3.8, 4) is 0 Å². The summed E-state index contributed by atoms with van der Waals surface area (Å²) in [5.41, 5.74) is 3.25. The summed E-state index contributed by atoms with van der Waals surface area (Å²) in [6.45, 7) is 6.31. The summed E-state index contributed by atoms with van der Waals surface area (Å²) in [7, 11) is 0. The van der Waals surface area contributed by atoms with Crippen molar-refractivity contribution in [1.29, 1.82) is 0 Å². The van der Waals surface area contributed by atoms with E-state index in [1.54, 1.807) is 11.1 Å². The van der Waals surface area contributed by atoms with Gasteiger partial charge < -0.3 is 5.32 Å². The van der Waals surface area contributed by atoms with Crippen molar-refractivity contribution in [3.05, 3.63) is 23.3 Å². The van der Waals surface area contributed by atoms with Crippen molar-refractivity contribution in [2.75, 3.05) is 13.1 Å². The van der Waals surface area contributed by atoms with Gasteiger partial charge in [0.2, 0.25) is 0 Å². The lowest BCUT2D eigenvalue weighted by Crippen LogP contribution is -2.25. The van der Waals surface area contributed by atoms with E-state index in [9.17, 15) is 0 Å². The molecule has 0 radical (unpaired) electrons. The average Bonchev–Trinajstić information content (AvgIpc) is 2.21. The predicted octanol–water partition coefficient (Wildman–Crippen LogP) is 2.90. The molecule has 2 rings (SSSR count). The highest BCUT2D eigenvalue weighted by Crippen LogP contribution is 2.22. The lowest BCUT2D eigenvalue weighted by atomic mass is 9.93. The van der Waals surface area contributed by atoms with Crippen LogP contribution < -0.4 is 5.32 Å². The quantitative estimate of drug-likeness (QED) is 0.585. The molecule has 0 aromatic carbocycles. The number of hydrogen-bond acceptors (Lipinski definition) is 1. The smallest absolute Gasteiger partial charge is 0.0170 e. The van der Waals surface area contributed by atoms with Gasteiger partial charge in [0.1, 0.15) is 0 Å². The Morgan fingerprint density at radius 3 is 2.92 bits per heavy atom. The minimum Gasteiger partial charge on any atom is -0.313 e. The van der Waals surface area contributed by atoms with Crippen molar-refractivity contribution < 1.29 is 1.43 Å². The van der Waals surface area contributed by atoms with Crippen molar-refractivity contribution in [1.82, 2.24) is 5.32 Å². The van der Waals surface area contributed by atoms with E-state index < -0.39 is 0 Å². The van der Waals surface area contributed by atoms with E-state index in [1.807, 2.05) is 13.8 Å². The molecule has 1 aliphatic carbocycles. The molecule has 0 fully saturated rings. The highest BCUT2D eigenvalue weighted by atomic mass is 14.9. The number of hydrogen-bond donors (Lipinski definition) is 1. The molecule has 0 saturated heterocycles. The van der Waals surface area contributed by atoms with Crippen LogP contribution >= 0.6 is 0 Å². The molecule has 1 N–H and O–H groups in total. The van der Waals surface area contributed by atoms with Gasteiger partial charge in [-0.15, -0.1) is 0 Å². The summed E-state index contributed by atoms with van der Waals surface area (Å²) in [5.74, 6) is 0. The first-order valence-electron chi connectivity index (χ1n) is 5.05. The molecule has 0 spiro atoms. The fourth-order valence-corrected chi connectivity index (χ4v) is 1.69. The molecule has 1 nitrogen and oxygen atoms in total. The first-order valence-corrected chi connectivity index (χ1v) is 5.05. The van der Waals surface area contributed by atoms with Gasteiger partial charge in [0, 0.05) is 7.97 Å². The third-order valence-electron chi connectivity index (χ3n) is 2.30. The zero-order chi connectivity index (χ0) is 8.81. The van der Waals surface area contributed by atoms with E-state index in [0.29, 0.717) is 0 Å². The maximum absolute atomic E-state index is 3.39. The molecule has 1 heterocycles. The van der Waals surface area contributed by atoms with Crippen molar-refractivity contribution >= 4 is 0 Å². The topological polar surface area (TPSA) is 12.0 Å². The molecule has 12 heavy (non-hydrogen) atoms. The van der Waals surface area contributed by atoms with E-state index in [0.717, 1.165) is 6.54 Å². The molecule has 1 heteroatoms. The zero-order valence-corrected chi connectivity index (χ0v) is 8.19. The molecular formula is C11H21N. The second-order valence-electron chi connectivity index (χ2n) is 3.00. The molecule has 0 unspecified atom stereocenters. The molecule has 70 valence electrons. The van der Waals surface area contributed by atoms with Crippen molar-refractivity contribution in [3.63, 3.8) is 0 Å². The Hall–Kier alpha value is -0.560. The van der Waals surface area contributed by atoms with Crippen LogP contribution in [0.25, 0.3) is 0 Å². The zero-order valence-electron chi connectivity index (χ0n) is 8.19. The Morgan fingerprint density at radius 2 is 2.17 bits per heavy atom. The molecular weight excluding hydrogens is 146 g/mol. The number of rotatable bonds is 0. The summed E-state index contributed by atoms with van der Waals surface area (Å²) in [6, 6.07) is 0. The molecule has 0 aromatic rings. The van der Waals surface area contributed by atoms with E-state index >= 15 is 0 Å². The van der Waals surface area contributed by atoms with Gasteiger partial charge >= 0.3 is 0 Å². The maximum atomic E-state index is 3.39. The fraction of sp³-hybridized carbons (Fsp3) is 0.636. The molecule has 0 saturated carbocycles. The second kappa shape index (κ2) is 5.15. The van der Waals surface area contributed by atoms with E-state index in [4.69, 9.17) is 0 Å². The van der Waals surface area contributed by atoms with Gasteiger partial charge in [-0.2, -0.15) is 0 Å². The van der Waals surface area contributed by atoms with Crippen LogP contribution in [0.5, 0.6) is 0 Å². The molecule has 1 aliphatic heterocycles. The summed E-state index contributed by atoms with van der Waals surface area (Å²) in [5, 5.41) is 3.39. The second-order valence-corrected chi connectivity index (χ2v) is 3.00. The summed E-state index contributed by atoms with van der Waals surface area (Å²) >= 11 is 0. The largest absolute Gasteiger partial charge is 0.313 e. The van der Waals surface area contributed by atoms with Crippen LogP contribution in [0.4, 0.5) is 0 Å². The summed E-state index contributed by atoms with van der Waals surface area (Å²) < 4.78 is 0. The van der Waals surface area contributed by atoms with Crippen LogP contribution in [0.15, 0.2) is 23.3 Å². The average molecular weight is 167 g/mol. The highest BCUT2D eigenvalue weighted by molar-refractivity contribution is 5.32. The standard InChI is InChI=1S/C9H13N.C2H6.H2/c1-2-4-9-7-10-6-5-8(9)3-1;1-2;/h1,3,10H,2,4-7H2;1-2H3;1H. The Morgan fingerprint density at radius 1 is 1.33 bits per heavy atom. The third-order valence-corrected chi connectivity index (χ3v) is 2.30. The van der Waals surface area contributed by atoms with Gasteiger partial charge in [0.05, 0.1) is 0 Å². The highest BCUT2D eigenvalue weighted by Gasteiger charge is 2.11. The Bertz CT molecular complexity index is 194. The van der Waals surface area contributed by atoms with Crippen LogP contribution in [0.1, 0.15) is 34.5 Å². The lowest BCUT2D eigenvalue weighted by Gasteiger charge is -2.21. The van der Waals surface area contributed by atoms with Crippen molar-refractivity contribution in [2.45, 2.75) is 33.1 Å². The predicted molar refractivity (Wildman–Crippen MR) is 56.3 cm³/mol. The van der Waals surface area contributed by atoms with Gasteiger partial charge in [-0.3, -0.25) is 0 Å². The summed E-state index contributed by atoms with van der Waals surface area (Å²) in [4.78, 5) is 0.